The van der Waals surface area contributed by atoms with Gasteiger partial charge in [0.2, 0.25) is 0 Å². The second-order valence-electron chi connectivity index (χ2n) is 4.77. The van der Waals surface area contributed by atoms with Gasteiger partial charge in [0.1, 0.15) is 0 Å². The van der Waals surface area contributed by atoms with E-state index in [2.05, 4.69) is 16.4 Å². The Balaban J connectivity index is 1.72. The minimum Gasteiger partial charge on any atom is -0.469 e. The molecule has 0 saturated heterocycles. The van der Waals surface area contributed by atoms with Gasteiger partial charge < -0.3 is 15.0 Å². The minimum absolute atomic E-state index is 0.0575. The van der Waals surface area contributed by atoms with Gasteiger partial charge in [0, 0.05) is 18.9 Å². The quantitative estimate of drug-likeness (QED) is 0.581. The van der Waals surface area contributed by atoms with Crippen LogP contribution in [0.3, 0.4) is 0 Å². The van der Waals surface area contributed by atoms with E-state index in [9.17, 15) is 4.79 Å². The van der Waals surface area contributed by atoms with Crippen molar-refractivity contribution in [3.63, 3.8) is 0 Å². The molecule has 1 aromatic rings. The van der Waals surface area contributed by atoms with E-state index in [1.54, 1.807) is 0 Å². The van der Waals surface area contributed by atoms with Crippen molar-refractivity contribution in [2.75, 3.05) is 20.2 Å². The summed E-state index contributed by atoms with van der Waals surface area (Å²) in [5.41, 5.74) is 1.05. The lowest BCUT2D eigenvalue weighted by atomic mass is 9.68. The molecule has 1 aliphatic carbocycles. The van der Waals surface area contributed by atoms with Crippen LogP contribution in [0.1, 0.15) is 24.8 Å². The predicted octanol–water partition coefficient (Wildman–Crippen LogP) is 1.49. The van der Waals surface area contributed by atoms with Gasteiger partial charge in [-0.15, -0.1) is 0 Å². The second kappa shape index (κ2) is 5.36. The largest absolute Gasteiger partial charge is 0.469 e. The summed E-state index contributed by atoms with van der Waals surface area (Å²) < 4.78 is 4.88. The smallest absolute Gasteiger partial charge is 0.313 e. The number of ether oxygens (including phenoxy) is 1. The van der Waals surface area contributed by atoms with Crippen LogP contribution in [0.5, 0.6) is 0 Å². The predicted molar refractivity (Wildman–Crippen MR) is 65.7 cm³/mol. The molecule has 0 unspecified atom stereocenters. The van der Waals surface area contributed by atoms with Gasteiger partial charge in [-0.05, 0) is 37.4 Å². The maximum absolute atomic E-state index is 11.7. The molecule has 1 aromatic heterocycles. The summed E-state index contributed by atoms with van der Waals surface area (Å²) in [6.45, 7) is 1.64. The number of methoxy groups -OCH3 is 1. The number of carbonyl (C=O) groups is 1. The summed E-state index contributed by atoms with van der Waals surface area (Å²) in [5, 5.41) is 3.37. The van der Waals surface area contributed by atoms with Crippen molar-refractivity contribution in [2.24, 2.45) is 5.41 Å². The lowest BCUT2D eigenvalue weighted by Gasteiger charge is -2.39. The van der Waals surface area contributed by atoms with Crippen molar-refractivity contribution >= 4 is 5.97 Å². The molecule has 1 fully saturated rings. The Kier molecular flexibility index (Phi) is 3.84. The molecule has 0 atom stereocenters. The highest BCUT2D eigenvalue weighted by molar-refractivity contribution is 5.78. The van der Waals surface area contributed by atoms with Gasteiger partial charge in [-0.2, -0.15) is 0 Å². The molecule has 94 valence electrons. The fraction of sp³-hybridized carbons (Fsp3) is 0.615. The van der Waals surface area contributed by atoms with Gasteiger partial charge in [0.15, 0.2) is 0 Å². The third-order valence-corrected chi connectivity index (χ3v) is 3.65. The average molecular weight is 236 g/mol. The molecule has 4 nitrogen and oxygen atoms in total. The molecule has 1 heterocycles. The zero-order valence-electron chi connectivity index (χ0n) is 10.3. The van der Waals surface area contributed by atoms with Gasteiger partial charge in [-0.25, -0.2) is 0 Å². The van der Waals surface area contributed by atoms with Crippen LogP contribution in [-0.4, -0.2) is 31.2 Å². The van der Waals surface area contributed by atoms with Crippen LogP contribution in [0.15, 0.2) is 18.5 Å². The molecular formula is C13H20N2O2. The number of H-pyrrole nitrogens is 1. The maximum atomic E-state index is 11.7. The third kappa shape index (κ3) is 2.69. The molecule has 2 N–H and O–H groups in total. The minimum atomic E-state index is -0.243. The van der Waals surface area contributed by atoms with Gasteiger partial charge in [0.05, 0.1) is 12.5 Å². The fourth-order valence-electron chi connectivity index (χ4n) is 2.35. The zero-order chi connectivity index (χ0) is 12.1. The molecular weight excluding hydrogens is 216 g/mol. The van der Waals surface area contributed by atoms with E-state index in [0.717, 1.165) is 38.8 Å². The molecule has 2 rings (SSSR count). The van der Waals surface area contributed by atoms with Crippen molar-refractivity contribution in [3.8, 4) is 0 Å². The van der Waals surface area contributed by atoms with E-state index in [0.29, 0.717) is 0 Å². The van der Waals surface area contributed by atoms with E-state index in [4.69, 9.17) is 4.74 Å². The van der Waals surface area contributed by atoms with Crippen LogP contribution < -0.4 is 5.32 Å². The van der Waals surface area contributed by atoms with Crippen molar-refractivity contribution < 1.29 is 9.53 Å². The number of esters is 1. The van der Waals surface area contributed by atoms with Crippen LogP contribution in [0, 0.1) is 5.41 Å². The van der Waals surface area contributed by atoms with Crippen molar-refractivity contribution in [1.82, 2.24) is 10.3 Å². The second-order valence-corrected chi connectivity index (χ2v) is 4.77. The van der Waals surface area contributed by atoms with Gasteiger partial charge in [0.25, 0.3) is 0 Å². The Morgan fingerprint density at radius 3 is 2.94 bits per heavy atom. The summed E-state index contributed by atoms with van der Waals surface area (Å²) in [6.07, 6.45) is 7.96. The fourth-order valence-corrected chi connectivity index (χ4v) is 2.35. The van der Waals surface area contributed by atoms with Crippen molar-refractivity contribution in [1.29, 1.82) is 0 Å². The summed E-state index contributed by atoms with van der Waals surface area (Å²) in [7, 11) is 1.47. The van der Waals surface area contributed by atoms with Crippen LogP contribution in [-0.2, 0) is 16.0 Å². The first kappa shape index (κ1) is 12.2. The van der Waals surface area contributed by atoms with E-state index >= 15 is 0 Å². The average Bonchev–Trinajstić information content (AvgIpc) is 2.79. The topological polar surface area (TPSA) is 54.1 Å². The molecule has 0 amide bonds. The van der Waals surface area contributed by atoms with E-state index in [1.165, 1.54) is 12.7 Å². The lowest BCUT2D eigenvalue weighted by molar-refractivity contribution is -0.158. The first-order valence-electron chi connectivity index (χ1n) is 6.18. The summed E-state index contributed by atoms with van der Waals surface area (Å²) in [4.78, 5) is 14.7. The number of hydrogen-bond acceptors (Lipinski definition) is 3. The van der Waals surface area contributed by atoms with E-state index in [1.807, 2.05) is 12.4 Å². The summed E-state index contributed by atoms with van der Waals surface area (Å²) >= 11 is 0. The molecule has 4 heteroatoms. The number of nitrogens with one attached hydrogen (secondary N) is 2. The third-order valence-electron chi connectivity index (χ3n) is 3.65. The highest BCUT2D eigenvalue weighted by Gasteiger charge is 2.44. The zero-order valence-corrected chi connectivity index (χ0v) is 10.3. The number of aromatic amines is 1. The highest BCUT2D eigenvalue weighted by Crippen LogP contribution is 2.41. The first-order chi connectivity index (χ1) is 8.27. The molecule has 17 heavy (non-hydrogen) atoms. The lowest BCUT2D eigenvalue weighted by Crippen LogP contribution is -2.47. The molecule has 1 aliphatic rings. The van der Waals surface area contributed by atoms with Crippen LogP contribution >= 0.6 is 0 Å². The number of hydrogen-bond donors (Lipinski definition) is 2. The normalized spacial score (nSPS) is 17.5. The van der Waals surface area contributed by atoms with Crippen molar-refractivity contribution in [2.45, 2.75) is 25.7 Å². The van der Waals surface area contributed by atoms with Crippen LogP contribution in [0.25, 0.3) is 0 Å². The Labute approximate surface area is 102 Å². The highest BCUT2D eigenvalue weighted by atomic mass is 16.5. The Morgan fingerprint density at radius 1 is 1.59 bits per heavy atom. The molecule has 0 radical (unpaired) electrons. The molecule has 0 aliphatic heterocycles. The van der Waals surface area contributed by atoms with E-state index < -0.39 is 0 Å². The number of rotatable bonds is 6. The standard InChI is InChI=1S/C13H20N2O2/c1-17-12(16)13(5-2-6-13)10-15-8-4-11-3-7-14-9-11/h3,7,9,14-15H,2,4-6,8,10H2,1H3. The van der Waals surface area contributed by atoms with Gasteiger partial charge in [-0.1, -0.05) is 6.42 Å². The molecule has 1 saturated carbocycles. The number of carbonyl (C=O) groups excluding carboxylic acids is 1. The maximum Gasteiger partial charge on any atom is 0.313 e. The molecule has 0 spiro atoms. The SMILES string of the molecule is COC(=O)C1(CNCCc2cc[nH]c2)CCC1. The Bertz CT molecular complexity index is 356. The van der Waals surface area contributed by atoms with Crippen LogP contribution in [0.2, 0.25) is 0 Å². The van der Waals surface area contributed by atoms with Gasteiger partial charge >= 0.3 is 5.97 Å². The van der Waals surface area contributed by atoms with Gasteiger partial charge in [-0.3, -0.25) is 4.79 Å². The molecule has 0 aromatic carbocycles. The summed E-state index contributed by atoms with van der Waals surface area (Å²) in [5.74, 6) is -0.0575. The Morgan fingerprint density at radius 2 is 2.41 bits per heavy atom. The van der Waals surface area contributed by atoms with Crippen LogP contribution in [0.4, 0.5) is 0 Å². The first-order valence-corrected chi connectivity index (χ1v) is 6.18. The molecule has 0 bridgehead atoms. The Hall–Kier alpha value is -1.29. The summed E-state index contributed by atoms with van der Waals surface area (Å²) in [6, 6.07) is 2.07. The number of aromatic nitrogens is 1. The van der Waals surface area contributed by atoms with E-state index in [-0.39, 0.29) is 11.4 Å². The van der Waals surface area contributed by atoms with Crippen molar-refractivity contribution in [3.05, 3.63) is 24.0 Å². The monoisotopic (exact) mass is 236 g/mol.